The van der Waals surface area contributed by atoms with E-state index in [1.54, 1.807) is 11.3 Å². The average molecular weight is 266 g/mol. The van der Waals surface area contributed by atoms with Crippen LogP contribution in [0.4, 0.5) is 0 Å². The molecule has 1 saturated heterocycles. The number of hydrogen-bond acceptors (Lipinski definition) is 2. The fourth-order valence-corrected chi connectivity index (χ4v) is 3.39. The van der Waals surface area contributed by atoms with Gasteiger partial charge in [0.2, 0.25) is 0 Å². The zero-order chi connectivity index (χ0) is 12.0. The highest BCUT2D eigenvalue weighted by atomic mass is 35.5. The van der Waals surface area contributed by atoms with Crippen LogP contribution in [0.5, 0.6) is 0 Å². The lowest BCUT2D eigenvalue weighted by molar-refractivity contribution is 0.0656. The van der Waals surface area contributed by atoms with E-state index in [0.717, 1.165) is 45.1 Å². The van der Waals surface area contributed by atoms with Gasteiger partial charge in [-0.3, -0.25) is 4.79 Å². The third-order valence-corrected chi connectivity index (χ3v) is 4.73. The Morgan fingerprint density at radius 1 is 1.41 bits per heavy atom. The van der Waals surface area contributed by atoms with Crippen molar-refractivity contribution < 1.29 is 4.79 Å². The van der Waals surface area contributed by atoms with Crippen LogP contribution in [-0.4, -0.2) is 23.9 Å². The molecule has 17 heavy (non-hydrogen) atoms. The molecule has 0 atom stereocenters. The number of hydrogen-bond donors (Lipinski definition) is 0. The van der Waals surface area contributed by atoms with Crippen LogP contribution in [0.15, 0.2) is 18.2 Å². The van der Waals surface area contributed by atoms with Gasteiger partial charge in [0, 0.05) is 22.8 Å². The molecule has 0 saturated carbocycles. The van der Waals surface area contributed by atoms with Crippen molar-refractivity contribution in [2.45, 2.75) is 13.3 Å². The molecule has 0 bridgehead atoms. The van der Waals surface area contributed by atoms with E-state index in [1.807, 2.05) is 30.0 Å². The topological polar surface area (TPSA) is 20.3 Å². The molecular formula is C13H12ClNOS. The summed E-state index contributed by atoms with van der Waals surface area (Å²) in [5, 5.41) is 1.83. The number of halogens is 1. The van der Waals surface area contributed by atoms with E-state index < -0.39 is 0 Å². The fourth-order valence-electron chi connectivity index (χ4n) is 2.06. The standard InChI is InChI=1S/C13H12ClNOS/c1-8-10-7-9(14)3-4-11(10)17-12(8)13(16)15-5-2-6-15/h3-4,7H,2,5-6H2,1H3. The Labute approximate surface area is 109 Å². The number of thiophene rings is 1. The van der Waals surface area contributed by atoms with Gasteiger partial charge < -0.3 is 4.90 Å². The number of fused-ring (bicyclic) bond motifs is 1. The van der Waals surface area contributed by atoms with Crippen LogP contribution in [0.1, 0.15) is 21.7 Å². The first-order chi connectivity index (χ1) is 8.16. The van der Waals surface area contributed by atoms with Gasteiger partial charge in [0.05, 0.1) is 4.88 Å². The summed E-state index contributed by atoms with van der Waals surface area (Å²) in [6.45, 7) is 3.79. The zero-order valence-corrected chi connectivity index (χ0v) is 11.1. The maximum atomic E-state index is 12.2. The quantitative estimate of drug-likeness (QED) is 0.770. The van der Waals surface area contributed by atoms with Crippen molar-refractivity contribution in [1.29, 1.82) is 0 Å². The molecule has 0 spiro atoms. The monoisotopic (exact) mass is 265 g/mol. The SMILES string of the molecule is Cc1c(C(=O)N2CCC2)sc2ccc(Cl)cc12. The molecule has 1 amide bonds. The Balaban J connectivity index is 2.10. The van der Waals surface area contributed by atoms with Crippen molar-refractivity contribution in [2.24, 2.45) is 0 Å². The molecule has 2 aromatic rings. The lowest BCUT2D eigenvalue weighted by Gasteiger charge is -2.30. The number of nitrogens with zero attached hydrogens (tertiary/aromatic N) is 1. The summed E-state index contributed by atoms with van der Waals surface area (Å²) in [5.41, 5.74) is 1.06. The lowest BCUT2D eigenvalue weighted by Crippen LogP contribution is -2.41. The summed E-state index contributed by atoms with van der Waals surface area (Å²) in [5.74, 6) is 0.172. The maximum Gasteiger partial charge on any atom is 0.264 e. The van der Waals surface area contributed by atoms with Crippen molar-refractivity contribution in [3.05, 3.63) is 33.7 Å². The Morgan fingerprint density at radius 2 is 2.18 bits per heavy atom. The average Bonchev–Trinajstić information content (AvgIpc) is 2.54. The number of likely N-dealkylation sites (tertiary alicyclic amines) is 1. The first-order valence-electron chi connectivity index (χ1n) is 5.65. The second-order valence-electron chi connectivity index (χ2n) is 4.34. The van der Waals surface area contributed by atoms with Gasteiger partial charge in [-0.1, -0.05) is 11.6 Å². The molecule has 0 radical (unpaired) electrons. The maximum absolute atomic E-state index is 12.2. The van der Waals surface area contributed by atoms with Crippen LogP contribution in [0.3, 0.4) is 0 Å². The number of carbonyl (C=O) groups is 1. The molecule has 2 heterocycles. The second-order valence-corrected chi connectivity index (χ2v) is 5.83. The van der Waals surface area contributed by atoms with Gasteiger partial charge in [-0.05, 0) is 42.5 Å². The number of rotatable bonds is 1. The Hall–Kier alpha value is -1.06. The summed E-state index contributed by atoms with van der Waals surface area (Å²) < 4.78 is 1.13. The molecule has 1 aliphatic heterocycles. The van der Waals surface area contributed by atoms with Gasteiger partial charge in [-0.25, -0.2) is 0 Å². The largest absolute Gasteiger partial charge is 0.338 e. The van der Waals surface area contributed by atoms with Crippen LogP contribution in [0.25, 0.3) is 10.1 Å². The Bertz CT molecular complexity index is 601. The van der Waals surface area contributed by atoms with Crippen LogP contribution >= 0.6 is 22.9 Å². The van der Waals surface area contributed by atoms with E-state index in [1.165, 1.54) is 0 Å². The van der Waals surface area contributed by atoms with Gasteiger partial charge in [0.25, 0.3) is 5.91 Å². The molecule has 4 heteroatoms. The summed E-state index contributed by atoms with van der Waals surface area (Å²) in [6, 6.07) is 5.80. The number of benzene rings is 1. The highest BCUT2D eigenvalue weighted by Crippen LogP contribution is 2.33. The summed E-state index contributed by atoms with van der Waals surface area (Å²) >= 11 is 7.56. The molecule has 0 N–H and O–H groups in total. The highest BCUT2D eigenvalue weighted by Gasteiger charge is 2.25. The van der Waals surface area contributed by atoms with Crippen LogP contribution < -0.4 is 0 Å². The molecule has 1 aliphatic rings. The van der Waals surface area contributed by atoms with Crippen molar-refractivity contribution in [2.75, 3.05) is 13.1 Å². The number of carbonyl (C=O) groups excluding carboxylic acids is 1. The normalized spacial score (nSPS) is 15.1. The Kier molecular flexibility index (Phi) is 2.60. The third kappa shape index (κ3) is 1.74. The predicted octanol–water partition coefficient (Wildman–Crippen LogP) is 3.71. The predicted molar refractivity (Wildman–Crippen MR) is 72.1 cm³/mol. The highest BCUT2D eigenvalue weighted by molar-refractivity contribution is 7.21. The van der Waals surface area contributed by atoms with E-state index >= 15 is 0 Å². The van der Waals surface area contributed by atoms with Crippen molar-refractivity contribution in [3.8, 4) is 0 Å². The van der Waals surface area contributed by atoms with Crippen molar-refractivity contribution >= 4 is 38.9 Å². The van der Waals surface area contributed by atoms with E-state index in [9.17, 15) is 4.79 Å². The van der Waals surface area contributed by atoms with Gasteiger partial charge >= 0.3 is 0 Å². The molecule has 88 valence electrons. The molecule has 3 rings (SSSR count). The molecule has 1 aromatic carbocycles. The summed E-state index contributed by atoms with van der Waals surface area (Å²) in [4.78, 5) is 15.0. The second kappa shape index (κ2) is 4.00. The van der Waals surface area contributed by atoms with E-state index in [-0.39, 0.29) is 5.91 Å². The Morgan fingerprint density at radius 3 is 2.82 bits per heavy atom. The summed E-state index contributed by atoms with van der Waals surface area (Å²) in [7, 11) is 0. The van der Waals surface area contributed by atoms with Gasteiger partial charge in [0.1, 0.15) is 0 Å². The van der Waals surface area contributed by atoms with Crippen LogP contribution in [0.2, 0.25) is 5.02 Å². The minimum Gasteiger partial charge on any atom is -0.338 e. The van der Waals surface area contributed by atoms with E-state index in [0.29, 0.717) is 0 Å². The van der Waals surface area contributed by atoms with Crippen molar-refractivity contribution in [1.82, 2.24) is 4.90 Å². The summed E-state index contributed by atoms with van der Waals surface area (Å²) in [6.07, 6.45) is 1.13. The van der Waals surface area contributed by atoms with Gasteiger partial charge in [-0.2, -0.15) is 0 Å². The van der Waals surface area contributed by atoms with Crippen LogP contribution in [0, 0.1) is 6.92 Å². The first kappa shape index (κ1) is 11.1. The first-order valence-corrected chi connectivity index (χ1v) is 6.84. The number of amides is 1. The van der Waals surface area contributed by atoms with E-state index in [2.05, 4.69) is 0 Å². The van der Waals surface area contributed by atoms with Gasteiger partial charge in [0.15, 0.2) is 0 Å². The molecule has 0 aliphatic carbocycles. The molecule has 2 nitrogen and oxygen atoms in total. The van der Waals surface area contributed by atoms with Gasteiger partial charge in [-0.15, -0.1) is 11.3 Å². The van der Waals surface area contributed by atoms with Crippen LogP contribution in [-0.2, 0) is 0 Å². The molecule has 0 unspecified atom stereocenters. The molecule has 1 aromatic heterocycles. The lowest BCUT2D eigenvalue weighted by atomic mass is 10.1. The third-order valence-electron chi connectivity index (χ3n) is 3.24. The minimum absolute atomic E-state index is 0.172. The number of aryl methyl sites for hydroxylation is 1. The fraction of sp³-hybridized carbons (Fsp3) is 0.308. The molecular weight excluding hydrogens is 254 g/mol. The van der Waals surface area contributed by atoms with Crippen molar-refractivity contribution in [3.63, 3.8) is 0 Å². The molecule has 1 fully saturated rings. The van der Waals surface area contributed by atoms with E-state index in [4.69, 9.17) is 11.6 Å². The minimum atomic E-state index is 0.172. The zero-order valence-electron chi connectivity index (χ0n) is 9.50. The smallest absolute Gasteiger partial charge is 0.264 e.